The van der Waals surface area contributed by atoms with Gasteiger partial charge < -0.3 is 14.8 Å². The Morgan fingerprint density at radius 1 is 0.917 bits per heavy atom. The van der Waals surface area contributed by atoms with Crippen molar-refractivity contribution in [3.8, 4) is 11.5 Å². The van der Waals surface area contributed by atoms with Gasteiger partial charge in [-0.05, 0) is 49.9 Å². The monoisotopic (exact) mass is 327 g/mol. The normalized spacial score (nSPS) is 12.0. The van der Waals surface area contributed by atoms with Gasteiger partial charge in [0, 0.05) is 6.54 Å². The van der Waals surface area contributed by atoms with Crippen molar-refractivity contribution >= 4 is 5.69 Å². The molecule has 0 amide bonds. The summed E-state index contributed by atoms with van der Waals surface area (Å²) < 4.78 is 11.8. The minimum absolute atomic E-state index is 0.159. The summed E-state index contributed by atoms with van der Waals surface area (Å²) in [6.07, 6.45) is 1.27. The summed E-state index contributed by atoms with van der Waals surface area (Å²) in [5.41, 5.74) is 2.29. The van der Waals surface area contributed by atoms with Gasteiger partial charge in [-0.2, -0.15) is 0 Å². The van der Waals surface area contributed by atoms with E-state index in [2.05, 4.69) is 37.4 Å². The lowest BCUT2D eigenvalue weighted by molar-refractivity contribution is 0.243. The van der Waals surface area contributed by atoms with Gasteiger partial charge in [0.2, 0.25) is 0 Å². The Bertz CT molecular complexity index is 625. The summed E-state index contributed by atoms with van der Waals surface area (Å²) in [6.45, 7) is 9.85. The molecule has 0 aliphatic heterocycles. The van der Waals surface area contributed by atoms with Gasteiger partial charge in [-0.25, -0.2) is 0 Å². The van der Waals surface area contributed by atoms with Gasteiger partial charge in [0.1, 0.15) is 18.1 Å². The lowest BCUT2D eigenvalue weighted by atomic mass is 9.98. The third kappa shape index (κ3) is 5.19. The summed E-state index contributed by atoms with van der Waals surface area (Å²) >= 11 is 0. The van der Waals surface area contributed by atoms with E-state index in [1.165, 1.54) is 5.56 Å². The van der Waals surface area contributed by atoms with Crippen molar-refractivity contribution in [2.24, 2.45) is 0 Å². The molecule has 1 N–H and O–H groups in total. The molecule has 0 bridgehead atoms. The molecule has 0 aliphatic carbocycles. The summed E-state index contributed by atoms with van der Waals surface area (Å²) in [5, 5.41) is 3.40. The molecule has 3 heteroatoms. The number of rotatable bonds is 9. The lowest BCUT2D eigenvalue weighted by Gasteiger charge is -2.17. The van der Waals surface area contributed by atoms with Gasteiger partial charge in [0.25, 0.3) is 0 Å². The largest absolute Gasteiger partial charge is 0.491 e. The van der Waals surface area contributed by atoms with E-state index in [1.807, 2.05) is 44.2 Å². The predicted octanol–water partition coefficient (Wildman–Crippen LogP) is 5.48. The number of anilines is 1. The van der Waals surface area contributed by atoms with Crippen LogP contribution in [0.15, 0.2) is 48.5 Å². The van der Waals surface area contributed by atoms with Crippen LogP contribution in [-0.4, -0.2) is 19.3 Å². The zero-order chi connectivity index (χ0) is 17.4. The van der Waals surface area contributed by atoms with Gasteiger partial charge in [-0.15, -0.1) is 0 Å². The van der Waals surface area contributed by atoms with E-state index in [9.17, 15) is 0 Å². The Labute approximate surface area is 146 Å². The van der Waals surface area contributed by atoms with Gasteiger partial charge >= 0.3 is 0 Å². The average molecular weight is 327 g/mol. The van der Waals surface area contributed by atoms with Crippen LogP contribution in [0.4, 0.5) is 5.69 Å². The van der Waals surface area contributed by atoms with Crippen molar-refractivity contribution in [2.45, 2.75) is 46.1 Å². The summed E-state index contributed by atoms with van der Waals surface area (Å²) in [4.78, 5) is 0. The topological polar surface area (TPSA) is 30.5 Å². The number of nitrogens with one attached hydrogen (secondary N) is 1. The van der Waals surface area contributed by atoms with Crippen molar-refractivity contribution in [3.05, 3.63) is 54.1 Å². The maximum absolute atomic E-state index is 6.00. The van der Waals surface area contributed by atoms with Crippen LogP contribution in [-0.2, 0) is 0 Å². The minimum Gasteiger partial charge on any atom is -0.491 e. The highest BCUT2D eigenvalue weighted by atomic mass is 16.5. The zero-order valence-corrected chi connectivity index (χ0v) is 15.2. The summed E-state index contributed by atoms with van der Waals surface area (Å²) in [6, 6.07) is 16.3. The van der Waals surface area contributed by atoms with Crippen LogP contribution in [0.1, 0.15) is 45.6 Å². The second kappa shape index (κ2) is 9.21. The lowest BCUT2D eigenvalue weighted by Crippen LogP contribution is -2.14. The molecule has 2 rings (SSSR count). The predicted molar refractivity (Wildman–Crippen MR) is 101 cm³/mol. The molecular weight excluding hydrogens is 298 g/mol. The Morgan fingerprint density at radius 2 is 1.58 bits per heavy atom. The summed E-state index contributed by atoms with van der Waals surface area (Å²) in [7, 11) is 0. The molecule has 0 aliphatic rings. The number of hydrogen-bond acceptors (Lipinski definition) is 3. The first-order chi connectivity index (χ1) is 11.6. The highest BCUT2D eigenvalue weighted by Gasteiger charge is 2.09. The zero-order valence-electron chi connectivity index (χ0n) is 15.2. The van der Waals surface area contributed by atoms with Gasteiger partial charge in [0.15, 0.2) is 0 Å². The van der Waals surface area contributed by atoms with Crippen molar-refractivity contribution in [1.82, 2.24) is 0 Å². The van der Waals surface area contributed by atoms with Crippen LogP contribution >= 0.6 is 0 Å². The van der Waals surface area contributed by atoms with Crippen molar-refractivity contribution in [1.29, 1.82) is 0 Å². The maximum atomic E-state index is 6.00. The molecule has 0 radical (unpaired) electrons. The highest BCUT2D eigenvalue weighted by molar-refractivity contribution is 5.56. The van der Waals surface area contributed by atoms with Crippen LogP contribution in [0.5, 0.6) is 11.5 Å². The Balaban J connectivity index is 1.90. The van der Waals surface area contributed by atoms with E-state index < -0.39 is 0 Å². The first kappa shape index (κ1) is 18.2. The standard InChI is InChI=1S/C21H29NO2/c1-5-17(4)18-10-6-8-12-20(18)23-15-14-22-19-11-7-9-13-21(19)24-16(2)3/h6-13,16-17,22H,5,14-15H2,1-4H3. The van der Waals surface area contributed by atoms with Crippen molar-refractivity contribution in [3.63, 3.8) is 0 Å². The molecular formula is C21H29NO2. The molecule has 0 fully saturated rings. The Morgan fingerprint density at radius 3 is 2.29 bits per heavy atom. The fraction of sp³-hybridized carbons (Fsp3) is 0.429. The molecule has 24 heavy (non-hydrogen) atoms. The molecule has 0 heterocycles. The quantitative estimate of drug-likeness (QED) is 0.619. The Kier molecular flexibility index (Phi) is 6.98. The minimum atomic E-state index is 0.159. The first-order valence-corrected chi connectivity index (χ1v) is 8.83. The maximum Gasteiger partial charge on any atom is 0.142 e. The van der Waals surface area contributed by atoms with Gasteiger partial charge in [0.05, 0.1) is 11.8 Å². The van der Waals surface area contributed by atoms with Crippen molar-refractivity contribution in [2.75, 3.05) is 18.5 Å². The second-order valence-corrected chi connectivity index (χ2v) is 6.29. The van der Waals surface area contributed by atoms with E-state index >= 15 is 0 Å². The van der Waals surface area contributed by atoms with E-state index in [1.54, 1.807) is 0 Å². The van der Waals surface area contributed by atoms with Crippen LogP contribution in [0.3, 0.4) is 0 Å². The third-order valence-electron chi connectivity index (χ3n) is 3.99. The molecule has 3 nitrogen and oxygen atoms in total. The van der Waals surface area contributed by atoms with E-state index in [-0.39, 0.29) is 6.10 Å². The molecule has 0 aromatic heterocycles. The third-order valence-corrected chi connectivity index (χ3v) is 3.99. The average Bonchev–Trinajstić information content (AvgIpc) is 2.59. The van der Waals surface area contributed by atoms with Crippen LogP contribution in [0.25, 0.3) is 0 Å². The molecule has 1 atom stereocenters. The number of benzene rings is 2. The fourth-order valence-corrected chi connectivity index (χ4v) is 2.56. The van der Waals surface area contributed by atoms with Gasteiger partial charge in [-0.1, -0.05) is 44.2 Å². The Hall–Kier alpha value is -2.16. The second-order valence-electron chi connectivity index (χ2n) is 6.29. The number of para-hydroxylation sites is 3. The first-order valence-electron chi connectivity index (χ1n) is 8.83. The fourth-order valence-electron chi connectivity index (χ4n) is 2.56. The van der Waals surface area contributed by atoms with Crippen LogP contribution in [0.2, 0.25) is 0 Å². The highest BCUT2D eigenvalue weighted by Crippen LogP contribution is 2.28. The van der Waals surface area contributed by atoms with E-state index in [4.69, 9.17) is 9.47 Å². The summed E-state index contributed by atoms with van der Waals surface area (Å²) in [5.74, 6) is 2.38. The molecule has 2 aromatic rings. The molecule has 0 spiro atoms. The molecule has 130 valence electrons. The van der Waals surface area contributed by atoms with E-state index in [0.29, 0.717) is 12.5 Å². The smallest absolute Gasteiger partial charge is 0.142 e. The van der Waals surface area contributed by atoms with Gasteiger partial charge in [-0.3, -0.25) is 0 Å². The SMILES string of the molecule is CCC(C)c1ccccc1OCCNc1ccccc1OC(C)C. The number of hydrogen-bond donors (Lipinski definition) is 1. The van der Waals surface area contributed by atoms with Crippen molar-refractivity contribution < 1.29 is 9.47 Å². The number of ether oxygens (including phenoxy) is 2. The van der Waals surface area contributed by atoms with Crippen LogP contribution in [0, 0.1) is 0 Å². The molecule has 0 saturated heterocycles. The van der Waals surface area contributed by atoms with E-state index in [0.717, 1.165) is 30.2 Å². The molecule has 0 saturated carbocycles. The molecule has 2 aromatic carbocycles. The van der Waals surface area contributed by atoms with Crippen LogP contribution < -0.4 is 14.8 Å². The molecule has 1 unspecified atom stereocenters.